The Labute approximate surface area is 117 Å². The van der Waals surface area contributed by atoms with Crippen LogP contribution in [0.1, 0.15) is 5.56 Å². The Balaban J connectivity index is 1.90. The molecule has 0 atom stereocenters. The molecule has 0 aliphatic carbocycles. The maximum Gasteiger partial charge on any atom is 0.586 e. The molecule has 0 radical (unpaired) electrons. The van der Waals surface area contributed by atoms with Crippen molar-refractivity contribution in [3.63, 3.8) is 0 Å². The van der Waals surface area contributed by atoms with Crippen LogP contribution < -0.4 is 20.5 Å². The van der Waals surface area contributed by atoms with Crippen LogP contribution in [-0.4, -0.2) is 11.3 Å². The summed E-state index contributed by atoms with van der Waals surface area (Å²) in [5.41, 5.74) is 6.63. The van der Waals surface area contributed by atoms with E-state index in [9.17, 15) is 8.78 Å². The number of alkyl halides is 2. The van der Waals surface area contributed by atoms with E-state index in [2.05, 4.69) is 19.8 Å². The third-order valence-corrected chi connectivity index (χ3v) is 2.77. The second-order valence-electron chi connectivity index (χ2n) is 4.19. The Morgan fingerprint density at radius 3 is 2.76 bits per heavy atom. The molecule has 0 bridgehead atoms. The molecule has 1 aromatic carbocycles. The number of nitrogens with one attached hydrogen (secondary N) is 1. The molecule has 2 aromatic rings. The van der Waals surface area contributed by atoms with Crippen LogP contribution >= 0.6 is 0 Å². The highest BCUT2D eigenvalue weighted by Gasteiger charge is 2.43. The summed E-state index contributed by atoms with van der Waals surface area (Å²) < 4.78 is 34.5. The molecule has 2 heterocycles. The molecular weight excluding hydrogens is 282 g/mol. The van der Waals surface area contributed by atoms with E-state index >= 15 is 0 Å². The summed E-state index contributed by atoms with van der Waals surface area (Å²) in [6.07, 6.45) is -2.25. The number of hydrogen-bond acceptors (Lipinski definition) is 6. The van der Waals surface area contributed by atoms with Crippen LogP contribution in [0.2, 0.25) is 0 Å². The molecule has 6 nitrogen and oxygen atoms in total. The van der Waals surface area contributed by atoms with Gasteiger partial charge in [-0.15, -0.1) is 8.78 Å². The number of rotatable bonds is 2. The number of nitrogens with zero attached hydrogens (tertiary/aromatic N) is 2. The van der Waals surface area contributed by atoms with Gasteiger partial charge in [-0.2, -0.15) is 5.26 Å². The number of fused-ring (bicyclic) bond motifs is 1. The van der Waals surface area contributed by atoms with Crippen molar-refractivity contribution in [2.45, 2.75) is 6.29 Å². The summed E-state index contributed by atoms with van der Waals surface area (Å²) in [4.78, 5) is 4.00. The summed E-state index contributed by atoms with van der Waals surface area (Å²) in [6, 6.07) is 7.57. The minimum atomic E-state index is -3.67. The zero-order valence-corrected chi connectivity index (χ0v) is 10.4. The molecule has 0 saturated carbocycles. The summed E-state index contributed by atoms with van der Waals surface area (Å²) in [5, 5.41) is 11.7. The van der Waals surface area contributed by atoms with Gasteiger partial charge in [0.25, 0.3) is 0 Å². The first kappa shape index (κ1) is 12.9. The number of pyridine rings is 1. The van der Waals surface area contributed by atoms with Gasteiger partial charge >= 0.3 is 6.29 Å². The van der Waals surface area contributed by atoms with Gasteiger partial charge in [0.1, 0.15) is 6.07 Å². The van der Waals surface area contributed by atoms with Crippen LogP contribution in [-0.2, 0) is 0 Å². The Hall–Kier alpha value is -3.08. The standard InChI is InChI=1S/C13H8F2N4O2/c14-13(15)20-9-2-1-8(5-10(9)21-13)19-12-11(17)7(6-16)3-4-18-12/h1-5H,17H2,(H,18,19). The maximum atomic E-state index is 12.9. The lowest BCUT2D eigenvalue weighted by molar-refractivity contribution is -0.286. The predicted octanol–water partition coefficient (Wildman–Crippen LogP) is 2.60. The number of halogens is 2. The molecule has 106 valence electrons. The topological polar surface area (TPSA) is 93.2 Å². The molecule has 1 aromatic heterocycles. The second kappa shape index (κ2) is 4.49. The van der Waals surface area contributed by atoms with E-state index < -0.39 is 6.29 Å². The van der Waals surface area contributed by atoms with Crippen molar-refractivity contribution in [2.24, 2.45) is 0 Å². The first-order chi connectivity index (χ1) is 9.98. The van der Waals surface area contributed by atoms with Crippen LogP contribution in [0, 0.1) is 11.3 Å². The molecule has 0 spiro atoms. The number of benzene rings is 1. The molecule has 0 saturated heterocycles. The molecule has 21 heavy (non-hydrogen) atoms. The fourth-order valence-corrected chi connectivity index (χ4v) is 1.83. The van der Waals surface area contributed by atoms with Crippen molar-refractivity contribution in [1.82, 2.24) is 4.98 Å². The number of nitriles is 1. The fourth-order valence-electron chi connectivity index (χ4n) is 1.83. The second-order valence-corrected chi connectivity index (χ2v) is 4.19. The Morgan fingerprint density at radius 1 is 1.24 bits per heavy atom. The highest BCUT2D eigenvalue weighted by atomic mass is 19.3. The van der Waals surface area contributed by atoms with Crippen molar-refractivity contribution in [1.29, 1.82) is 5.26 Å². The van der Waals surface area contributed by atoms with Crippen LogP contribution in [0.3, 0.4) is 0 Å². The zero-order chi connectivity index (χ0) is 15.0. The number of nitrogen functional groups attached to an aromatic ring is 1. The Morgan fingerprint density at radius 2 is 2.00 bits per heavy atom. The van der Waals surface area contributed by atoms with E-state index in [1.807, 2.05) is 6.07 Å². The van der Waals surface area contributed by atoms with E-state index in [1.54, 1.807) is 0 Å². The van der Waals surface area contributed by atoms with Gasteiger partial charge in [-0.1, -0.05) is 0 Å². The van der Waals surface area contributed by atoms with Crippen LogP contribution in [0.4, 0.5) is 26.0 Å². The first-order valence-electron chi connectivity index (χ1n) is 5.80. The number of nitrogens with two attached hydrogens (primary N) is 1. The minimum absolute atomic E-state index is 0.0581. The number of anilines is 3. The van der Waals surface area contributed by atoms with Gasteiger partial charge in [0.2, 0.25) is 0 Å². The number of ether oxygens (including phenoxy) is 2. The number of aromatic nitrogens is 1. The number of hydrogen-bond donors (Lipinski definition) is 2. The van der Waals surface area contributed by atoms with Crippen molar-refractivity contribution in [2.75, 3.05) is 11.1 Å². The molecule has 1 aliphatic heterocycles. The molecule has 3 N–H and O–H groups in total. The first-order valence-corrected chi connectivity index (χ1v) is 5.80. The van der Waals surface area contributed by atoms with Crippen LogP contribution in [0.15, 0.2) is 30.5 Å². The van der Waals surface area contributed by atoms with Gasteiger partial charge in [-0.05, 0) is 18.2 Å². The molecule has 0 amide bonds. The summed E-state index contributed by atoms with van der Waals surface area (Å²) >= 11 is 0. The molecule has 3 rings (SSSR count). The van der Waals surface area contributed by atoms with Gasteiger partial charge in [0.05, 0.1) is 11.3 Å². The van der Waals surface area contributed by atoms with Gasteiger partial charge in [-0.3, -0.25) is 0 Å². The molecule has 1 aliphatic rings. The predicted molar refractivity (Wildman–Crippen MR) is 69.3 cm³/mol. The third-order valence-electron chi connectivity index (χ3n) is 2.77. The maximum absolute atomic E-state index is 12.9. The summed E-state index contributed by atoms with van der Waals surface area (Å²) in [5.74, 6) is 0.0944. The van der Waals surface area contributed by atoms with Gasteiger partial charge in [0.15, 0.2) is 17.3 Å². The van der Waals surface area contributed by atoms with Crippen molar-refractivity contribution < 1.29 is 18.3 Å². The average molecular weight is 290 g/mol. The van der Waals surface area contributed by atoms with E-state index in [-0.39, 0.29) is 28.6 Å². The molecule has 0 unspecified atom stereocenters. The molecular formula is C13H8F2N4O2. The molecule has 8 heteroatoms. The van der Waals surface area contributed by atoms with Crippen LogP contribution in [0.5, 0.6) is 11.5 Å². The summed E-state index contributed by atoms with van der Waals surface area (Å²) in [6.45, 7) is 0. The third kappa shape index (κ3) is 2.36. The van der Waals surface area contributed by atoms with Gasteiger partial charge < -0.3 is 20.5 Å². The Bertz CT molecular complexity index is 758. The van der Waals surface area contributed by atoms with Crippen molar-refractivity contribution in [3.8, 4) is 17.6 Å². The smallest absolute Gasteiger partial charge is 0.395 e. The average Bonchev–Trinajstić information content (AvgIpc) is 2.74. The Kier molecular flexibility index (Phi) is 2.76. The van der Waals surface area contributed by atoms with E-state index in [0.29, 0.717) is 5.69 Å². The highest BCUT2D eigenvalue weighted by Crippen LogP contribution is 2.42. The molecule has 0 fully saturated rings. The SMILES string of the molecule is N#Cc1ccnc(Nc2ccc3c(c2)OC(F)(F)O3)c1N. The fraction of sp³-hybridized carbons (Fsp3) is 0.0769. The van der Waals surface area contributed by atoms with E-state index in [1.165, 1.54) is 30.5 Å². The van der Waals surface area contributed by atoms with E-state index in [0.717, 1.165) is 0 Å². The largest absolute Gasteiger partial charge is 0.586 e. The quantitative estimate of drug-likeness (QED) is 0.883. The van der Waals surface area contributed by atoms with Crippen LogP contribution in [0.25, 0.3) is 0 Å². The highest BCUT2D eigenvalue weighted by molar-refractivity contribution is 5.74. The van der Waals surface area contributed by atoms with Gasteiger partial charge in [-0.25, -0.2) is 4.98 Å². The van der Waals surface area contributed by atoms with Crippen molar-refractivity contribution >= 4 is 17.2 Å². The van der Waals surface area contributed by atoms with Gasteiger partial charge in [0, 0.05) is 18.0 Å². The van der Waals surface area contributed by atoms with E-state index in [4.69, 9.17) is 11.0 Å². The zero-order valence-electron chi connectivity index (χ0n) is 10.4. The van der Waals surface area contributed by atoms with Crippen molar-refractivity contribution in [3.05, 3.63) is 36.0 Å². The summed E-state index contributed by atoms with van der Waals surface area (Å²) in [7, 11) is 0. The normalized spacial score (nSPS) is 14.5. The monoisotopic (exact) mass is 290 g/mol. The minimum Gasteiger partial charge on any atom is -0.395 e. The lowest BCUT2D eigenvalue weighted by Crippen LogP contribution is -2.25. The lowest BCUT2D eigenvalue weighted by Gasteiger charge is -2.09. The lowest BCUT2D eigenvalue weighted by atomic mass is 10.2.